The summed E-state index contributed by atoms with van der Waals surface area (Å²) in [7, 11) is -3.39. The van der Waals surface area contributed by atoms with Gasteiger partial charge in [-0.15, -0.1) is 0 Å². The third-order valence-corrected chi connectivity index (χ3v) is 6.27. The number of amides is 1. The Morgan fingerprint density at radius 2 is 2.00 bits per heavy atom. The van der Waals surface area contributed by atoms with Gasteiger partial charge >= 0.3 is 0 Å². The molecule has 8 heteroatoms. The number of sulfonamides is 1. The van der Waals surface area contributed by atoms with E-state index in [0.29, 0.717) is 24.2 Å². The largest absolute Gasteiger partial charge is 0.468 e. The summed E-state index contributed by atoms with van der Waals surface area (Å²) in [6.45, 7) is 4.20. The van der Waals surface area contributed by atoms with Crippen molar-refractivity contribution in [2.75, 3.05) is 30.1 Å². The summed E-state index contributed by atoms with van der Waals surface area (Å²) in [5.41, 5.74) is 0.805. The molecule has 3 rings (SSSR count). The molecule has 2 heterocycles. The van der Waals surface area contributed by atoms with Crippen LogP contribution in [0.3, 0.4) is 0 Å². The van der Waals surface area contributed by atoms with E-state index >= 15 is 0 Å². The predicted molar refractivity (Wildman–Crippen MR) is 109 cm³/mol. The monoisotopic (exact) mass is 405 g/mol. The maximum atomic E-state index is 12.6. The van der Waals surface area contributed by atoms with Crippen molar-refractivity contribution in [1.82, 2.24) is 10.2 Å². The molecule has 0 radical (unpaired) electrons. The van der Waals surface area contributed by atoms with Gasteiger partial charge in [0.05, 0.1) is 18.1 Å². The van der Waals surface area contributed by atoms with Crippen molar-refractivity contribution in [2.24, 2.45) is 0 Å². The molecule has 0 spiro atoms. The van der Waals surface area contributed by atoms with Crippen LogP contribution in [0, 0.1) is 0 Å². The highest BCUT2D eigenvalue weighted by Crippen LogP contribution is 2.25. The third-order valence-electron chi connectivity index (χ3n) is 4.78. The van der Waals surface area contributed by atoms with E-state index in [0.717, 1.165) is 31.7 Å². The summed E-state index contributed by atoms with van der Waals surface area (Å²) in [6, 6.07) is 10.3. The molecule has 0 saturated carbocycles. The number of furan rings is 1. The van der Waals surface area contributed by atoms with E-state index in [-0.39, 0.29) is 17.7 Å². The predicted octanol–water partition coefficient (Wildman–Crippen LogP) is 3.00. The Bertz CT molecular complexity index is 875. The van der Waals surface area contributed by atoms with Gasteiger partial charge < -0.3 is 9.73 Å². The van der Waals surface area contributed by atoms with E-state index in [1.165, 1.54) is 0 Å². The lowest BCUT2D eigenvalue weighted by molar-refractivity contribution is 0.0934. The number of benzene rings is 1. The first-order valence-corrected chi connectivity index (χ1v) is 11.3. The minimum Gasteiger partial charge on any atom is -0.468 e. The van der Waals surface area contributed by atoms with E-state index in [2.05, 4.69) is 14.9 Å². The Kier molecular flexibility index (Phi) is 6.74. The van der Waals surface area contributed by atoms with E-state index in [9.17, 15) is 13.2 Å². The molecule has 0 aliphatic carbocycles. The lowest BCUT2D eigenvalue weighted by Crippen LogP contribution is -2.36. The summed E-state index contributed by atoms with van der Waals surface area (Å²) in [5, 5.41) is 2.96. The van der Waals surface area contributed by atoms with Gasteiger partial charge in [-0.1, -0.05) is 13.0 Å². The SMILES string of the molecule is CCCS(=O)(=O)Nc1cccc(C(=O)NC[C@@H](c2ccco2)N2CCCC2)c1. The molecular formula is C20H27N3O4S. The standard InChI is InChI=1S/C20H27N3O4S/c1-2-13-28(25,26)22-17-8-5-7-16(14-17)20(24)21-15-18(19-9-6-12-27-19)23-10-3-4-11-23/h5-9,12,14,18,22H,2-4,10-11,13,15H2,1H3,(H,21,24)/t18-/m0/s1. The highest BCUT2D eigenvalue weighted by molar-refractivity contribution is 7.92. The van der Waals surface area contributed by atoms with Crippen LogP contribution in [0.4, 0.5) is 5.69 Å². The first-order valence-electron chi connectivity index (χ1n) is 9.65. The fraction of sp³-hybridized carbons (Fsp3) is 0.450. The Morgan fingerprint density at radius 1 is 1.21 bits per heavy atom. The molecule has 1 atom stereocenters. The van der Waals surface area contributed by atoms with Crippen LogP contribution in [0.25, 0.3) is 0 Å². The molecular weight excluding hydrogens is 378 g/mol. The Labute approximate surface area is 166 Å². The molecule has 1 aromatic heterocycles. The molecule has 1 aliphatic heterocycles. The number of nitrogens with one attached hydrogen (secondary N) is 2. The van der Waals surface area contributed by atoms with Crippen molar-refractivity contribution in [2.45, 2.75) is 32.2 Å². The van der Waals surface area contributed by atoms with Crippen molar-refractivity contribution >= 4 is 21.6 Å². The van der Waals surface area contributed by atoms with Crippen LogP contribution in [-0.4, -0.2) is 44.6 Å². The number of rotatable bonds is 9. The second-order valence-corrected chi connectivity index (χ2v) is 8.83. The first kappa shape index (κ1) is 20.4. The highest BCUT2D eigenvalue weighted by Gasteiger charge is 2.26. The van der Waals surface area contributed by atoms with Gasteiger partial charge in [0, 0.05) is 17.8 Å². The number of carbonyl (C=O) groups excluding carboxylic acids is 1. The van der Waals surface area contributed by atoms with Crippen molar-refractivity contribution in [1.29, 1.82) is 0 Å². The van der Waals surface area contributed by atoms with Crippen molar-refractivity contribution in [3.05, 3.63) is 54.0 Å². The highest BCUT2D eigenvalue weighted by atomic mass is 32.2. The number of hydrogen-bond acceptors (Lipinski definition) is 5. The number of nitrogens with zero attached hydrogens (tertiary/aromatic N) is 1. The molecule has 1 amide bonds. The van der Waals surface area contributed by atoms with E-state index < -0.39 is 10.0 Å². The van der Waals surface area contributed by atoms with Crippen LogP contribution >= 0.6 is 0 Å². The summed E-state index contributed by atoms with van der Waals surface area (Å²) < 4.78 is 32.0. The zero-order valence-electron chi connectivity index (χ0n) is 16.1. The van der Waals surface area contributed by atoms with Crippen LogP contribution in [0.15, 0.2) is 47.1 Å². The lowest BCUT2D eigenvalue weighted by Gasteiger charge is -2.26. The Balaban J connectivity index is 1.66. The normalized spacial score (nSPS) is 16.0. The van der Waals surface area contributed by atoms with Crippen LogP contribution in [0.2, 0.25) is 0 Å². The van der Waals surface area contributed by atoms with Crippen LogP contribution in [0.5, 0.6) is 0 Å². The molecule has 2 N–H and O–H groups in total. The Morgan fingerprint density at radius 3 is 2.68 bits per heavy atom. The second-order valence-electron chi connectivity index (χ2n) is 6.99. The second kappa shape index (κ2) is 9.25. The zero-order chi connectivity index (χ0) is 20.0. The summed E-state index contributed by atoms with van der Waals surface area (Å²) in [6.07, 6.45) is 4.46. The fourth-order valence-electron chi connectivity index (χ4n) is 3.46. The molecule has 152 valence electrons. The molecule has 1 fully saturated rings. The molecule has 7 nitrogen and oxygen atoms in total. The summed E-state index contributed by atoms with van der Waals surface area (Å²) in [4.78, 5) is 15.0. The molecule has 0 unspecified atom stereocenters. The molecule has 1 aliphatic rings. The smallest absolute Gasteiger partial charge is 0.251 e. The molecule has 0 bridgehead atoms. The van der Waals surface area contributed by atoms with E-state index in [1.807, 2.05) is 12.1 Å². The quantitative estimate of drug-likeness (QED) is 0.669. The van der Waals surface area contributed by atoms with E-state index in [4.69, 9.17) is 4.42 Å². The number of carbonyl (C=O) groups is 1. The van der Waals surface area contributed by atoms with Gasteiger partial charge in [-0.3, -0.25) is 14.4 Å². The van der Waals surface area contributed by atoms with Gasteiger partial charge in [0.15, 0.2) is 0 Å². The van der Waals surface area contributed by atoms with Gasteiger partial charge in [0.2, 0.25) is 10.0 Å². The topological polar surface area (TPSA) is 91.6 Å². The number of anilines is 1. The fourth-order valence-corrected chi connectivity index (χ4v) is 4.58. The maximum Gasteiger partial charge on any atom is 0.251 e. The summed E-state index contributed by atoms with van der Waals surface area (Å²) >= 11 is 0. The van der Waals surface area contributed by atoms with Gasteiger partial charge in [-0.25, -0.2) is 8.42 Å². The van der Waals surface area contributed by atoms with Gasteiger partial charge in [-0.05, 0) is 62.7 Å². The molecule has 1 saturated heterocycles. The van der Waals surface area contributed by atoms with Crippen molar-refractivity contribution in [3.8, 4) is 0 Å². The summed E-state index contributed by atoms with van der Waals surface area (Å²) in [5.74, 6) is 0.639. The number of likely N-dealkylation sites (tertiary alicyclic amines) is 1. The Hall–Kier alpha value is -2.32. The molecule has 1 aromatic carbocycles. The van der Waals surface area contributed by atoms with Crippen molar-refractivity contribution in [3.63, 3.8) is 0 Å². The average Bonchev–Trinajstić information content (AvgIpc) is 3.36. The molecule has 2 aromatic rings. The third kappa shape index (κ3) is 5.36. The minimum absolute atomic E-state index is 0.00677. The van der Waals surface area contributed by atoms with Crippen LogP contribution in [0.1, 0.15) is 48.3 Å². The maximum absolute atomic E-state index is 12.6. The van der Waals surface area contributed by atoms with Crippen molar-refractivity contribution < 1.29 is 17.6 Å². The first-order chi connectivity index (χ1) is 13.5. The average molecular weight is 406 g/mol. The van der Waals surface area contributed by atoms with Gasteiger partial charge in [-0.2, -0.15) is 0 Å². The zero-order valence-corrected chi connectivity index (χ0v) is 16.9. The van der Waals surface area contributed by atoms with Crippen LogP contribution < -0.4 is 10.0 Å². The van der Waals surface area contributed by atoms with Crippen LogP contribution in [-0.2, 0) is 10.0 Å². The number of hydrogen-bond donors (Lipinski definition) is 2. The lowest BCUT2D eigenvalue weighted by atomic mass is 10.1. The van der Waals surface area contributed by atoms with E-state index in [1.54, 1.807) is 37.5 Å². The van der Waals surface area contributed by atoms with Gasteiger partial charge in [0.25, 0.3) is 5.91 Å². The minimum atomic E-state index is -3.39. The molecule has 28 heavy (non-hydrogen) atoms. The van der Waals surface area contributed by atoms with Gasteiger partial charge in [0.1, 0.15) is 5.76 Å².